The Balaban J connectivity index is 4.24. The van der Waals surface area contributed by atoms with E-state index >= 15 is 0 Å². The predicted octanol–water partition coefficient (Wildman–Crippen LogP) is 18.0. The zero-order chi connectivity index (χ0) is 43.5. The lowest BCUT2D eigenvalue weighted by molar-refractivity contribution is -0.163. The number of unbranched alkanes of at least 4 members (excludes halogenated alkanes) is 35. The van der Waals surface area contributed by atoms with Gasteiger partial charge in [-0.15, -0.1) is 0 Å². The van der Waals surface area contributed by atoms with Gasteiger partial charge >= 0.3 is 11.9 Å². The Morgan fingerprint density at radius 2 is 0.700 bits per heavy atom. The van der Waals surface area contributed by atoms with Crippen molar-refractivity contribution in [3.63, 3.8) is 0 Å². The molecule has 354 valence electrons. The minimum Gasteiger partial charge on any atom is -0.462 e. The van der Waals surface area contributed by atoms with Crippen molar-refractivity contribution in [1.82, 2.24) is 0 Å². The molecule has 0 aromatic heterocycles. The molecule has 0 aliphatic heterocycles. The summed E-state index contributed by atoms with van der Waals surface area (Å²) in [4.78, 5) is 25.4. The van der Waals surface area contributed by atoms with E-state index in [4.69, 9.17) is 14.2 Å². The average Bonchev–Trinajstić information content (AvgIpc) is 3.25. The molecule has 0 N–H and O–H groups in total. The van der Waals surface area contributed by atoms with Crippen LogP contribution >= 0.6 is 0 Å². The van der Waals surface area contributed by atoms with Gasteiger partial charge in [0.05, 0.1) is 6.61 Å². The fraction of sp³-hybridized carbons (Fsp3) is 0.891. The van der Waals surface area contributed by atoms with Crippen LogP contribution in [0.2, 0.25) is 0 Å². The molecule has 0 bridgehead atoms. The van der Waals surface area contributed by atoms with E-state index in [9.17, 15) is 9.59 Å². The summed E-state index contributed by atoms with van der Waals surface area (Å²) in [6.07, 6.45) is 60.4. The molecule has 0 radical (unpaired) electrons. The van der Waals surface area contributed by atoms with Gasteiger partial charge in [0.1, 0.15) is 6.61 Å². The van der Waals surface area contributed by atoms with E-state index in [1.807, 2.05) is 0 Å². The van der Waals surface area contributed by atoms with E-state index < -0.39 is 6.10 Å². The highest BCUT2D eigenvalue weighted by molar-refractivity contribution is 5.70. The first-order chi connectivity index (χ1) is 29.6. The second-order valence-corrected chi connectivity index (χ2v) is 18.1. The zero-order valence-electron chi connectivity index (χ0n) is 40.7. The molecule has 0 aromatic carbocycles. The Morgan fingerprint density at radius 3 is 1.13 bits per heavy atom. The van der Waals surface area contributed by atoms with Crippen molar-refractivity contribution in [1.29, 1.82) is 0 Å². The maximum atomic E-state index is 12.8. The summed E-state index contributed by atoms with van der Waals surface area (Å²) in [5.74, 6) is -0.393. The highest BCUT2D eigenvalue weighted by Gasteiger charge is 2.17. The van der Waals surface area contributed by atoms with Gasteiger partial charge in [-0.1, -0.05) is 251 Å². The van der Waals surface area contributed by atoms with Crippen LogP contribution in [0.15, 0.2) is 24.3 Å². The summed E-state index contributed by atoms with van der Waals surface area (Å²) in [6.45, 7) is 7.85. The predicted molar refractivity (Wildman–Crippen MR) is 261 cm³/mol. The second-order valence-electron chi connectivity index (χ2n) is 18.1. The molecule has 0 amide bonds. The van der Waals surface area contributed by atoms with Crippen molar-refractivity contribution < 1.29 is 23.8 Å². The summed E-state index contributed by atoms with van der Waals surface area (Å²) < 4.78 is 17.4. The molecule has 5 nitrogen and oxygen atoms in total. The first-order valence-electron chi connectivity index (χ1n) is 26.9. The monoisotopic (exact) mass is 845 g/mol. The van der Waals surface area contributed by atoms with E-state index in [-0.39, 0.29) is 18.5 Å². The number of rotatable bonds is 50. The second kappa shape index (κ2) is 51.7. The Bertz CT molecular complexity index is 913. The lowest BCUT2D eigenvalue weighted by Gasteiger charge is -2.18. The highest BCUT2D eigenvalue weighted by atomic mass is 16.6. The van der Waals surface area contributed by atoms with Gasteiger partial charge in [-0.3, -0.25) is 9.59 Å². The molecule has 0 fully saturated rings. The van der Waals surface area contributed by atoms with E-state index in [0.717, 1.165) is 51.4 Å². The van der Waals surface area contributed by atoms with Crippen molar-refractivity contribution in [3.8, 4) is 0 Å². The van der Waals surface area contributed by atoms with E-state index in [2.05, 4.69) is 45.1 Å². The number of allylic oxidation sites excluding steroid dienone is 4. The van der Waals surface area contributed by atoms with Gasteiger partial charge < -0.3 is 14.2 Å². The smallest absolute Gasteiger partial charge is 0.306 e. The van der Waals surface area contributed by atoms with Gasteiger partial charge in [0.25, 0.3) is 0 Å². The van der Waals surface area contributed by atoms with Gasteiger partial charge in [-0.25, -0.2) is 0 Å². The Morgan fingerprint density at radius 1 is 0.367 bits per heavy atom. The fourth-order valence-electron chi connectivity index (χ4n) is 7.95. The fourth-order valence-corrected chi connectivity index (χ4v) is 7.95. The molecule has 1 unspecified atom stereocenters. The van der Waals surface area contributed by atoms with Crippen LogP contribution in [0, 0.1) is 0 Å². The molecule has 0 aromatic rings. The van der Waals surface area contributed by atoms with Crippen molar-refractivity contribution in [2.24, 2.45) is 0 Å². The van der Waals surface area contributed by atoms with Crippen LogP contribution in [-0.4, -0.2) is 37.9 Å². The van der Waals surface area contributed by atoms with Gasteiger partial charge in [0.15, 0.2) is 6.10 Å². The van der Waals surface area contributed by atoms with Gasteiger partial charge in [0, 0.05) is 19.4 Å². The van der Waals surface area contributed by atoms with E-state index in [1.54, 1.807) is 0 Å². The largest absolute Gasteiger partial charge is 0.462 e. The minimum atomic E-state index is -0.533. The van der Waals surface area contributed by atoms with Crippen LogP contribution in [-0.2, 0) is 23.8 Å². The van der Waals surface area contributed by atoms with Crippen LogP contribution < -0.4 is 0 Å². The molecule has 60 heavy (non-hydrogen) atoms. The molecule has 0 heterocycles. The molecule has 0 rings (SSSR count). The van der Waals surface area contributed by atoms with Crippen LogP contribution in [0.5, 0.6) is 0 Å². The summed E-state index contributed by atoms with van der Waals surface area (Å²) in [6, 6.07) is 0. The lowest BCUT2D eigenvalue weighted by atomic mass is 10.0. The van der Waals surface area contributed by atoms with Crippen molar-refractivity contribution in [3.05, 3.63) is 24.3 Å². The lowest BCUT2D eigenvalue weighted by Crippen LogP contribution is -2.30. The average molecular weight is 845 g/mol. The van der Waals surface area contributed by atoms with Crippen LogP contribution in [0.4, 0.5) is 0 Å². The number of carbonyl (C=O) groups excluding carboxylic acids is 2. The van der Waals surface area contributed by atoms with Crippen molar-refractivity contribution in [2.75, 3.05) is 19.8 Å². The van der Waals surface area contributed by atoms with E-state index in [1.165, 1.54) is 205 Å². The minimum absolute atomic E-state index is 0.0857. The first kappa shape index (κ1) is 58.4. The Labute approximate surface area is 375 Å². The van der Waals surface area contributed by atoms with Crippen molar-refractivity contribution in [2.45, 2.75) is 297 Å². The number of esters is 2. The summed E-state index contributed by atoms with van der Waals surface area (Å²) in [7, 11) is 0. The SMILES string of the molecule is CCCCC/C=C\C/C=C\CCCCCCCC(=O)OCC(COCCCCCCCCCCCCCCCC)OC(=O)CCCCCCCCCCCCCCCCC. The third-order valence-electron chi connectivity index (χ3n) is 12.0. The third kappa shape index (κ3) is 49.0. The maximum absolute atomic E-state index is 12.8. The van der Waals surface area contributed by atoms with E-state index in [0.29, 0.717) is 26.1 Å². The normalized spacial score (nSPS) is 12.2. The number of hydrogen-bond acceptors (Lipinski definition) is 5. The highest BCUT2D eigenvalue weighted by Crippen LogP contribution is 2.16. The molecule has 0 spiro atoms. The number of carbonyl (C=O) groups is 2. The van der Waals surface area contributed by atoms with Crippen molar-refractivity contribution >= 4 is 11.9 Å². The topological polar surface area (TPSA) is 61.8 Å². The molecule has 0 saturated carbocycles. The number of ether oxygens (including phenoxy) is 3. The molecular formula is C55H104O5. The summed E-state index contributed by atoms with van der Waals surface area (Å²) >= 11 is 0. The molecule has 0 saturated heterocycles. The first-order valence-corrected chi connectivity index (χ1v) is 26.9. The summed E-state index contributed by atoms with van der Waals surface area (Å²) in [5.41, 5.74) is 0. The molecule has 1 atom stereocenters. The Hall–Kier alpha value is -1.62. The van der Waals surface area contributed by atoms with Crippen LogP contribution in [0.1, 0.15) is 290 Å². The Kier molecular flexibility index (Phi) is 50.3. The van der Waals surface area contributed by atoms with Gasteiger partial charge in [0.2, 0.25) is 0 Å². The third-order valence-corrected chi connectivity index (χ3v) is 12.0. The zero-order valence-corrected chi connectivity index (χ0v) is 40.7. The quantitative estimate of drug-likeness (QED) is 0.0347. The maximum Gasteiger partial charge on any atom is 0.306 e. The van der Waals surface area contributed by atoms with Gasteiger partial charge in [-0.2, -0.15) is 0 Å². The molecule has 0 aliphatic rings. The molecule has 0 aliphatic carbocycles. The van der Waals surface area contributed by atoms with Crippen LogP contribution in [0.3, 0.4) is 0 Å². The number of hydrogen-bond donors (Lipinski definition) is 0. The van der Waals surface area contributed by atoms with Crippen LogP contribution in [0.25, 0.3) is 0 Å². The molecule has 5 heteroatoms. The standard InChI is InChI=1S/C55H104O5/c1-4-7-10-13-16-19-22-25-28-30-33-36-39-42-45-48-54(56)59-52-53(51-58-50-47-44-41-38-35-32-27-24-21-18-15-12-9-6-3)60-55(57)49-46-43-40-37-34-31-29-26-23-20-17-14-11-8-5-2/h16,19,25,28,53H,4-15,17-18,20-24,26-27,29-52H2,1-3H3/b19-16-,28-25-. The van der Waals surface area contributed by atoms with Gasteiger partial charge in [-0.05, 0) is 51.4 Å². The molecular weight excluding hydrogens is 741 g/mol. The summed E-state index contributed by atoms with van der Waals surface area (Å²) in [5, 5.41) is 0.